The van der Waals surface area contributed by atoms with E-state index < -0.39 is 17.6 Å². The summed E-state index contributed by atoms with van der Waals surface area (Å²) in [5.41, 5.74) is -0.440. The van der Waals surface area contributed by atoms with E-state index in [0.717, 1.165) is 12.8 Å². The van der Waals surface area contributed by atoms with Crippen LogP contribution in [0.4, 0.5) is 5.69 Å². The Hall–Kier alpha value is -3.62. The van der Waals surface area contributed by atoms with Crippen LogP contribution >= 0.6 is 0 Å². The number of aryl methyl sites for hydroxylation is 1. The molecule has 166 valence electrons. The summed E-state index contributed by atoms with van der Waals surface area (Å²) in [4.78, 5) is 54.7. The van der Waals surface area contributed by atoms with Gasteiger partial charge in [-0.15, -0.1) is 0 Å². The highest BCUT2D eigenvalue weighted by molar-refractivity contribution is 6.15. The fourth-order valence-electron chi connectivity index (χ4n) is 4.69. The average molecular weight is 438 g/mol. The summed E-state index contributed by atoms with van der Waals surface area (Å²) in [6.07, 6.45) is 1.83. The number of rotatable bonds is 5. The summed E-state index contributed by atoms with van der Waals surface area (Å²) in [5.74, 6) is -1.12. The first-order valence-corrected chi connectivity index (χ1v) is 10.5. The van der Waals surface area contributed by atoms with Gasteiger partial charge in [0.2, 0.25) is 11.6 Å². The molecule has 3 aliphatic rings. The van der Waals surface area contributed by atoms with Gasteiger partial charge in [-0.2, -0.15) is 0 Å². The van der Waals surface area contributed by atoms with Crippen LogP contribution in [0.1, 0.15) is 57.9 Å². The van der Waals surface area contributed by atoms with E-state index in [2.05, 4.69) is 0 Å². The summed E-state index contributed by atoms with van der Waals surface area (Å²) in [7, 11) is 1.27. The maximum Gasteiger partial charge on any atom is 0.354 e. The first kappa shape index (κ1) is 20.3. The number of hydrogen-bond acceptors (Lipinski definition) is 7. The maximum atomic E-state index is 13.6. The van der Waals surface area contributed by atoms with Gasteiger partial charge in [0, 0.05) is 18.9 Å². The number of benzene rings is 1. The van der Waals surface area contributed by atoms with E-state index in [1.165, 1.54) is 23.0 Å². The molecule has 9 nitrogen and oxygen atoms in total. The van der Waals surface area contributed by atoms with Crippen molar-refractivity contribution in [1.29, 1.82) is 0 Å². The molecule has 9 heteroatoms. The molecular formula is C23H22N2O7. The van der Waals surface area contributed by atoms with E-state index in [1.807, 2.05) is 0 Å². The van der Waals surface area contributed by atoms with Crippen LogP contribution in [0.25, 0.3) is 0 Å². The highest BCUT2D eigenvalue weighted by Gasteiger charge is 2.64. The van der Waals surface area contributed by atoms with Gasteiger partial charge >= 0.3 is 11.9 Å². The Balaban J connectivity index is 1.49. The number of furan rings is 1. The minimum absolute atomic E-state index is 0.117. The van der Waals surface area contributed by atoms with Crippen molar-refractivity contribution in [1.82, 2.24) is 4.90 Å². The number of carbonyl (C=O) groups is 4. The number of carbonyl (C=O) groups excluding carboxylic acids is 4. The highest BCUT2D eigenvalue weighted by atomic mass is 16.5. The van der Waals surface area contributed by atoms with E-state index in [4.69, 9.17) is 13.9 Å². The van der Waals surface area contributed by atoms with E-state index in [0.29, 0.717) is 17.0 Å². The zero-order chi connectivity index (χ0) is 22.6. The lowest BCUT2D eigenvalue weighted by atomic mass is 9.96. The van der Waals surface area contributed by atoms with Crippen molar-refractivity contribution in [3.05, 3.63) is 53.0 Å². The topological polar surface area (TPSA) is 106 Å². The van der Waals surface area contributed by atoms with Gasteiger partial charge in [-0.25, -0.2) is 9.59 Å². The molecule has 1 saturated carbocycles. The summed E-state index contributed by atoms with van der Waals surface area (Å²) < 4.78 is 15.8. The molecule has 2 fully saturated rings. The molecule has 0 N–H and O–H groups in total. The molecule has 0 bridgehead atoms. The number of ether oxygens (including phenoxy) is 2. The Kier molecular flexibility index (Phi) is 4.58. The number of hydrogen-bond donors (Lipinski definition) is 0. The van der Waals surface area contributed by atoms with Crippen LogP contribution in [0, 0.1) is 6.92 Å². The largest absolute Gasteiger partial charge is 0.465 e. The monoisotopic (exact) mass is 438 g/mol. The van der Waals surface area contributed by atoms with Crippen LogP contribution in [0.15, 0.2) is 34.7 Å². The van der Waals surface area contributed by atoms with Crippen LogP contribution < -0.4 is 4.90 Å². The second-order valence-corrected chi connectivity index (χ2v) is 8.22. The summed E-state index contributed by atoms with van der Waals surface area (Å²) >= 11 is 0. The Morgan fingerprint density at radius 1 is 1.22 bits per heavy atom. The molecule has 1 atom stereocenters. The van der Waals surface area contributed by atoms with Crippen molar-refractivity contribution in [2.24, 2.45) is 0 Å². The highest BCUT2D eigenvalue weighted by Crippen LogP contribution is 2.49. The minimum Gasteiger partial charge on any atom is -0.465 e. The van der Waals surface area contributed by atoms with Gasteiger partial charge in [0.1, 0.15) is 23.7 Å². The molecule has 32 heavy (non-hydrogen) atoms. The van der Waals surface area contributed by atoms with E-state index in [-0.39, 0.29) is 48.6 Å². The fourth-order valence-corrected chi connectivity index (χ4v) is 4.69. The van der Waals surface area contributed by atoms with Gasteiger partial charge in [0.15, 0.2) is 0 Å². The van der Waals surface area contributed by atoms with E-state index >= 15 is 0 Å². The predicted octanol–water partition coefficient (Wildman–Crippen LogP) is 2.56. The smallest absolute Gasteiger partial charge is 0.354 e. The first-order valence-electron chi connectivity index (χ1n) is 10.5. The van der Waals surface area contributed by atoms with Gasteiger partial charge in [0.25, 0.3) is 5.91 Å². The Morgan fingerprint density at radius 2 is 1.97 bits per heavy atom. The molecule has 5 rings (SSSR count). The number of para-hydroxylation sites is 1. The normalized spacial score (nSPS) is 21.9. The minimum atomic E-state index is -1.52. The van der Waals surface area contributed by atoms with Gasteiger partial charge in [0.05, 0.1) is 18.4 Å². The Morgan fingerprint density at radius 3 is 2.69 bits per heavy atom. The molecule has 3 heterocycles. The van der Waals surface area contributed by atoms with Crippen LogP contribution in [-0.4, -0.2) is 47.5 Å². The average Bonchev–Trinajstić information content (AvgIpc) is 3.46. The Labute approximate surface area is 183 Å². The summed E-state index contributed by atoms with van der Waals surface area (Å²) in [5, 5.41) is 0. The molecule has 2 amide bonds. The molecule has 1 aliphatic carbocycles. The zero-order valence-corrected chi connectivity index (χ0v) is 17.8. The predicted molar refractivity (Wildman–Crippen MR) is 110 cm³/mol. The molecule has 0 radical (unpaired) electrons. The second kappa shape index (κ2) is 7.22. The van der Waals surface area contributed by atoms with Crippen LogP contribution in [0.3, 0.4) is 0 Å². The number of fused-ring (bicyclic) bond motifs is 3. The van der Waals surface area contributed by atoms with Crippen molar-refractivity contribution in [2.45, 2.75) is 50.9 Å². The maximum absolute atomic E-state index is 13.6. The second-order valence-electron chi connectivity index (χ2n) is 8.22. The lowest BCUT2D eigenvalue weighted by Gasteiger charge is -2.48. The van der Waals surface area contributed by atoms with Gasteiger partial charge < -0.3 is 18.8 Å². The van der Waals surface area contributed by atoms with E-state index in [1.54, 1.807) is 31.2 Å². The third-order valence-electron chi connectivity index (χ3n) is 6.26. The molecule has 0 spiro atoms. The lowest BCUT2D eigenvalue weighted by Crippen LogP contribution is -2.69. The van der Waals surface area contributed by atoms with E-state index in [9.17, 15) is 19.2 Å². The van der Waals surface area contributed by atoms with Crippen molar-refractivity contribution < 1.29 is 33.1 Å². The lowest BCUT2D eigenvalue weighted by molar-refractivity contribution is -0.159. The number of nitrogens with zero attached hydrogens (tertiary/aromatic N) is 2. The molecule has 1 aromatic heterocycles. The molecule has 2 aliphatic heterocycles. The molecular weight excluding hydrogens is 416 g/mol. The van der Waals surface area contributed by atoms with Crippen molar-refractivity contribution in [3.63, 3.8) is 0 Å². The molecule has 1 saturated heterocycles. The summed E-state index contributed by atoms with van der Waals surface area (Å²) in [6, 6.07) is 8.18. The summed E-state index contributed by atoms with van der Waals surface area (Å²) in [6.45, 7) is 1.37. The van der Waals surface area contributed by atoms with Crippen molar-refractivity contribution >= 4 is 29.4 Å². The van der Waals surface area contributed by atoms with Crippen LogP contribution in [0.2, 0.25) is 0 Å². The Bertz CT molecular complexity index is 1150. The van der Waals surface area contributed by atoms with Crippen molar-refractivity contribution in [3.8, 4) is 0 Å². The number of anilines is 1. The van der Waals surface area contributed by atoms with Crippen LogP contribution in [0.5, 0.6) is 0 Å². The fraction of sp³-hybridized carbons (Fsp3) is 0.391. The number of esters is 2. The van der Waals surface area contributed by atoms with Gasteiger partial charge in [-0.3, -0.25) is 14.5 Å². The molecule has 1 unspecified atom stereocenters. The number of amides is 2. The third kappa shape index (κ3) is 2.84. The first-order chi connectivity index (χ1) is 15.4. The zero-order valence-electron chi connectivity index (χ0n) is 17.8. The van der Waals surface area contributed by atoms with Gasteiger partial charge in [-0.1, -0.05) is 12.1 Å². The molecule has 1 aromatic carbocycles. The number of methoxy groups -OCH3 is 1. The quantitative estimate of drug-likeness (QED) is 0.661. The van der Waals surface area contributed by atoms with Gasteiger partial charge in [-0.05, 0) is 38.0 Å². The van der Waals surface area contributed by atoms with Crippen LogP contribution in [-0.2, 0) is 25.7 Å². The standard InChI is InChI=1S/C23H22N2O7/c1-13-17(21(28)30-2)11-15(32-13)12-31-22(29)23-10-9-19(26)25(23)18-6-4-3-5-16(18)20(27)24(23)14-7-8-14/h3-6,11,14H,7-10,12H2,1-2H3. The third-order valence-corrected chi connectivity index (χ3v) is 6.26. The molecule has 2 aromatic rings. The van der Waals surface area contributed by atoms with Crippen molar-refractivity contribution in [2.75, 3.05) is 12.0 Å². The SMILES string of the molecule is COC(=O)c1cc(COC(=O)C23CCC(=O)N2c2ccccc2C(=O)N3C2CC2)oc1C.